The third-order valence-corrected chi connectivity index (χ3v) is 6.35. The molecule has 168 valence electrons. The van der Waals surface area contributed by atoms with E-state index < -0.39 is 0 Å². The van der Waals surface area contributed by atoms with Crippen LogP contribution in [0.25, 0.3) is 10.8 Å². The molecule has 32 heavy (non-hydrogen) atoms. The lowest BCUT2D eigenvalue weighted by Crippen LogP contribution is -2.51. The number of hydrogen-bond acceptors (Lipinski definition) is 7. The predicted molar refractivity (Wildman–Crippen MR) is 120 cm³/mol. The maximum absolute atomic E-state index is 12.9. The smallest absolute Gasteiger partial charge is 0.254 e. The molecule has 0 unspecified atom stereocenters. The van der Waals surface area contributed by atoms with Gasteiger partial charge in [0.1, 0.15) is 5.76 Å². The lowest BCUT2D eigenvalue weighted by molar-refractivity contribution is -0.132. The third-order valence-electron chi connectivity index (χ3n) is 5.49. The van der Waals surface area contributed by atoms with E-state index >= 15 is 0 Å². The van der Waals surface area contributed by atoms with Crippen LogP contribution in [-0.2, 0) is 11.2 Å². The summed E-state index contributed by atoms with van der Waals surface area (Å²) in [6, 6.07) is 9.00. The van der Waals surface area contributed by atoms with Crippen LogP contribution in [0.15, 0.2) is 40.1 Å². The fourth-order valence-electron chi connectivity index (χ4n) is 3.66. The Labute approximate surface area is 190 Å². The molecule has 1 fully saturated rings. The fourth-order valence-corrected chi connectivity index (χ4v) is 4.31. The summed E-state index contributed by atoms with van der Waals surface area (Å²) in [5.74, 6) is 2.18. The van der Waals surface area contributed by atoms with E-state index in [1.165, 1.54) is 7.11 Å². The number of carbonyl (C=O) groups is 2. The van der Waals surface area contributed by atoms with Crippen molar-refractivity contribution < 1.29 is 23.5 Å². The van der Waals surface area contributed by atoms with Gasteiger partial charge in [0.25, 0.3) is 5.91 Å². The second kappa shape index (κ2) is 9.44. The van der Waals surface area contributed by atoms with E-state index in [0.717, 1.165) is 4.88 Å². The second-order valence-corrected chi connectivity index (χ2v) is 8.37. The summed E-state index contributed by atoms with van der Waals surface area (Å²) in [4.78, 5) is 34.7. The van der Waals surface area contributed by atoms with E-state index in [1.54, 1.807) is 46.4 Å². The van der Waals surface area contributed by atoms with Gasteiger partial charge in [-0.1, -0.05) is 6.07 Å². The molecular weight excluding hydrogens is 430 g/mol. The Balaban J connectivity index is 1.35. The Morgan fingerprint density at radius 2 is 1.78 bits per heavy atom. The third kappa shape index (κ3) is 4.47. The topological polar surface area (TPSA) is 85.1 Å². The molecule has 0 saturated carbocycles. The number of benzene rings is 1. The largest absolute Gasteiger partial charge is 0.493 e. The highest BCUT2D eigenvalue weighted by molar-refractivity contribution is 7.13. The number of amides is 2. The molecule has 8 nitrogen and oxygen atoms in total. The number of methoxy groups -OCH3 is 2. The lowest BCUT2D eigenvalue weighted by Gasteiger charge is -2.34. The van der Waals surface area contributed by atoms with Crippen molar-refractivity contribution in [2.24, 2.45) is 0 Å². The SMILES string of the molecule is COc1ccc(C(=O)N2CCN(C(=O)Cc3nc(-c4cccs4)oc3C)CC2)cc1OC. The van der Waals surface area contributed by atoms with E-state index in [-0.39, 0.29) is 18.2 Å². The van der Waals surface area contributed by atoms with Crippen molar-refractivity contribution in [3.63, 3.8) is 0 Å². The zero-order chi connectivity index (χ0) is 22.7. The van der Waals surface area contributed by atoms with Crippen LogP contribution in [0.5, 0.6) is 11.5 Å². The normalized spacial score (nSPS) is 13.8. The minimum absolute atomic E-state index is 0.0163. The summed E-state index contributed by atoms with van der Waals surface area (Å²) in [5, 5.41) is 1.96. The number of rotatable bonds is 6. The van der Waals surface area contributed by atoms with Crippen LogP contribution in [0.2, 0.25) is 0 Å². The number of ether oxygens (including phenoxy) is 2. The number of aryl methyl sites for hydroxylation is 1. The van der Waals surface area contributed by atoms with Gasteiger partial charge < -0.3 is 23.7 Å². The van der Waals surface area contributed by atoms with Gasteiger partial charge in [0.05, 0.1) is 31.2 Å². The van der Waals surface area contributed by atoms with Crippen LogP contribution in [0.1, 0.15) is 21.8 Å². The standard InChI is InChI=1S/C23H25N3O5S/c1-15-17(24-22(31-15)20-5-4-12-32-20)14-21(27)25-8-10-26(11-9-25)23(28)16-6-7-18(29-2)19(13-16)30-3/h4-7,12-13H,8-11,14H2,1-3H3. The van der Waals surface area contributed by atoms with Gasteiger partial charge in [0, 0.05) is 31.7 Å². The van der Waals surface area contributed by atoms with Crippen molar-refractivity contribution in [2.45, 2.75) is 13.3 Å². The van der Waals surface area contributed by atoms with Crippen molar-refractivity contribution in [1.82, 2.24) is 14.8 Å². The van der Waals surface area contributed by atoms with Crippen LogP contribution < -0.4 is 9.47 Å². The summed E-state index contributed by atoms with van der Waals surface area (Å²) >= 11 is 1.55. The van der Waals surface area contributed by atoms with Crippen molar-refractivity contribution in [3.05, 3.63) is 52.7 Å². The quantitative estimate of drug-likeness (QED) is 0.567. The molecule has 1 saturated heterocycles. The number of oxazole rings is 1. The van der Waals surface area contributed by atoms with E-state index in [2.05, 4.69) is 4.98 Å². The molecule has 2 amide bonds. The Kier molecular flexibility index (Phi) is 6.45. The summed E-state index contributed by atoms with van der Waals surface area (Å²) in [6.45, 7) is 3.72. The number of piperazine rings is 1. The number of carbonyl (C=O) groups excluding carboxylic acids is 2. The first-order chi connectivity index (χ1) is 15.5. The molecule has 0 aliphatic carbocycles. The summed E-state index contributed by atoms with van der Waals surface area (Å²) in [7, 11) is 3.09. The van der Waals surface area contributed by atoms with E-state index in [4.69, 9.17) is 13.9 Å². The number of hydrogen-bond donors (Lipinski definition) is 0. The van der Waals surface area contributed by atoms with Crippen LogP contribution in [0.4, 0.5) is 0 Å². The monoisotopic (exact) mass is 455 g/mol. The van der Waals surface area contributed by atoms with Gasteiger partial charge in [-0.25, -0.2) is 4.98 Å². The average molecular weight is 456 g/mol. The Bertz CT molecular complexity index is 1100. The molecule has 3 aromatic rings. The summed E-state index contributed by atoms with van der Waals surface area (Å²) < 4.78 is 16.3. The van der Waals surface area contributed by atoms with Crippen LogP contribution in [0, 0.1) is 6.92 Å². The molecule has 1 aliphatic heterocycles. The molecule has 4 rings (SSSR count). The van der Waals surface area contributed by atoms with Gasteiger partial charge in [-0.15, -0.1) is 11.3 Å². The summed E-state index contributed by atoms with van der Waals surface area (Å²) in [5.41, 5.74) is 1.18. The molecule has 0 N–H and O–H groups in total. The molecule has 0 radical (unpaired) electrons. The Hall–Kier alpha value is -3.33. The maximum atomic E-state index is 12.9. The van der Waals surface area contributed by atoms with Crippen molar-refractivity contribution in [3.8, 4) is 22.3 Å². The molecule has 0 atom stereocenters. The average Bonchev–Trinajstić information content (AvgIpc) is 3.48. The molecule has 3 heterocycles. The van der Waals surface area contributed by atoms with Gasteiger partial charge in [-0.05, 0) is 36.6 Å². The zero-order valence-corrected chi connectivity index (χ0v) is 19.1. The Morgan fingerprint density at radius 1 is 1.06 bits per heavy atom. The number of nitrogens with zero attached hydrogens (tertiary/aromatic N) is 3. The highest BCUT2D eigenvalue weighted by Crippen LogP contribution is 2.28. The van der Waals surface area contributed by atoms with Gasteiger partial charge in [-0.3, -0.25) is 9.59 Å². The molecular formula is C23H25N3O5S. The van der Waals surface area contributed by atoms with E-state index in [9.17, 15) is 9.59 Å². The number of thiophene rings is 1. The van der Waals surface area contributed by atoms with Crippen molar-refractivity contribution >= 4 is 23.2 Å². The highest BCUT2D eigenvalue weighted by Gasteiger charge is 2.26. The predicted octanol–water partition coefficient (Wildman–Crippen LogP) is 3.26. The molecule has 9 heteroatoms. The molecule has 1 aliphatic rings. The Morgan fingerprint density at radius 3 is 2.44 bits per heavy atom. The minimum atomic E-state index is -0.0917. The first-order valence-corrected chi connectivity index (χ1v) is 11.2. The second-order valence-electron chi connectivity index (χ2n) is 7.42. The highest BCUT2D eigenvalue weighted by atomic mass is 32.1. The minimum Gasteiger partial charge on any atom is -0.493 e. The first-order valence-electron chi connectivity index (χ1n) is 10.3. The zero-order valence-electron chi connectivity index (χ0n) is 18.3. The summed E-state index contributed by atoms with van der Waals surface area (Å²) in [6.07, 6.45) is 0.185. The van der Waals surface area contributed by atoms with Crippen molar-refractivity contribution in [1.29, 1.82) is 0 Å². The molecule has 0 spiro atoms. The van der Waals surface area contributed by atoms with Gasteiger partial charge in [-0.2, -0.15) is 0 Å². The van der Waals surface area contributed by atoms with Crippen molar-refractivity contribution in [2.75, 3.05) is 40.4 Å². The number of aromatic nitrogens is 1. The molecule has 1 aromatic carbocycles. The molecule has 2 aromatic heterocycles. The van der Waals surface area contributed by atoms with Gasteiger partial charge in [0.2, 0.25) is 11.8 Å². The van der Waals surface area contributed by atoms with Gasteiger partial charge in [0.15, 0.2) is 11.5 Å². The van der Waals surface area contributed by atoms with Crippen LogP contribution >= 0.6 is 11.3 Å². The van der Waals surface area contributed by atoms with E-state index in [1.807, 2.05) is 24.4 Å². The fraction of sp³-hybridized carbons (Fsp3) is 0.348. The maximum Gasteiger partial charge on any atom is 0.254 e. The first kappa shape index (κ1) is 21.9. The van der Waals surface area contributed by atoms with Crippen LogP contribution in [-0.4, -0.2) is 67.0 Å². The lowest BCUT2D eigenvalue weighted by atomic mass is 10.1. The van der Waals surface area contributed by atoms with Crippen LogP contribution in [0.3, 0.4) is 0 Å². The molecule has 0 bridgehead atoms. The van der Waals surface area contributed by atoms with Gasteiger partial charge >= 0.3 is 0 Å². The van der Waals surface area contributed by atoms with E-state index in [0.29, 0.717) is 60.6 Å².